The van der Waals surface area contributed by atoms with Crippen LogP contribution in [0.2, 0.25) is 0 Å². The van der Waals surface area contributed by atoms with Crippen molar-refractivity contribution in [2.75, 3.05) is 22.4 Å². The maximum atomic E-state index is 13.5. The zero-order valence-corrected chi connectivity index (χ0v) is 17.6. The summed E-state index contributed by atoms with van der Waals surface area (Å²) in [6, 6.07) is 8.72. The SMILES string of the molecule is CC[C@@H](C)NC(=O)c1ccccc1NC(=O)CN(c1ccc(F)c(F)c1)S(C)(=O)=O. The average Bonchev–Trinajstić information content (AvgIpc) is 2.67. The summed E-state index contributed by atoms with van der Waals surface area (Å²) in [5, 5.41) is 5.30. The van der Waals surface area contributed by atoms with Gasteiger partial charge in [0.15, 0.2) is 11.6 Å². The molecule has 0 radical (unpaired) electrons. The van der Waals surface area contributed by atoms with E-state index in [1.54, 1.807) is 12.1 Å². The molecule has 0 unspecified atom stereocenters. The number of rotatable bonds is 8. The van der Waals surface area contributed by atoms with Gasteiger partial charge in [-0.15, -0.1) is 0 Å². The molecule has 0 aromatic heterocycles. The van der Waals surface area contributed by atoms with Crippen LogP contribution in [0.5, 0.6) is 0 Å². The minimum atomic E-state index is -3.98. The highest BCUT2D eigenvalue weighted by atomic mass is 32.2. The van der Waals surface area contributed by atoms with Crippen LogP contribution in [0.4, 0.5) is 20.2 Å². The van der Waals surface area contributed by atoms with Crippen LogP contribution in [0.3, 0.4) is 0 Å². The molecule has 0 aliphatic carbocycles. The Morgan fingerprint density at radius 2 is 1.77 bits per heavy atom. The summed E-state index contributed by atoms with van der Waals surface area (Å²) in [6.07, 6.45) is 1.56. The van der Waals surface area contributed by atoms with E-state index in [0.29, 0.717) is 10.4 Å². The molecule has 2 aromatic rings. The van der Waals surface area contributed by atoms with Gasteiger partial charge in [0.05, 0.1) is 23.2 Å². The van der Waals surface area contributed by atoms with E-state index in [0.717, 1.165) is 24.8 Å². The van der Waals surface area contributed by atoms with E-state index in [4.69, 9.17) is 0 Å². The molecule has 0 heterocycles. The summed E-state index contributed by atoms with van der Waals surface area (Å²) in [6.45, 7) is 3.06. The molecule has 0 saturated carbocycles. The van der Waals surface area contributed by atoms with E-state index < -0.39 is 34.1 Å². The summed E-state index contributed by atoms with van der Waals surface area (Å²) < 4.78 is 51.6. The van der Waals surface area contributed by atoms with Crippen molar-refractivity contribution in [2.45, 2.75) is 26.3 Å². The zero-order valence-electron chi connectivity index (χ0n) is 16.8. The van der Waals surface area contributed by atoms with Gasteiger partial charge in [0, 0.05) is 12.1 Å². The number of nitrogens with one attached hydrogen (secondary N) is 2. The van der Waals surface area contributed by atoms with Crippen molar-refractivity contribution in [1.82, 2.24) is 5.32 Å². The Labute approximate surface area is 174 Å². The van der Waals surface area contributed by atoms with Gasteiger partial charge in [0.25, 0.3) is 5.91 Å². The molecule has 0 aliphatic heterocycles. The molecule has 0 fully saturated rings. The number of hydrogen-bond acceptors (Lipinski definition) is 4. The fraction of sp³-hybridized carbons (Fsp3) is 0.300. The van der Waals surface area contributed by atoms with E-state index in [1.165, 1.54) is 12.1 Å². The third kappa shape index (κ3) is 5.99. The first-order chi connectivity index (χ1) is 14.0. The summed E-state index contributed by atoms with van der Waals surface area (Å²) in [5.74, 6) is -3.53. The van der Waals surface area contributed by atoms with E-state index in [1.807, 2.05) is 13.8 Å². The summed E-state index contributed by atoms with van der Waals surface area (Å²) in [4.78, 5) is 25.0. The standard InChI is InChI=1S/C20H23F2N3O4S/c1-4-13(2)23-20(27)15-7-5-6-8-18(15)24-19(26)12-25(30(3,28)29)14-9-10-16(21)17(22)11-14/h5-11,13H,4,12H2,1-3H3,(H,23,27)(H,24,26)/t13-/m1/s1. The van der Waals surface area contributed by atoms with Crippen LogP contribution in [0.15, 0.2) is 42.5 Å². The van der Waals surface area contributed by atoms with E-state index in [9.17, 15) is 26.8 Å². The van der Waals surface area contributed by atoms with Gasteiger partial charge in [-0.3, -0.25) is 13.9 Å². The van der Waals surface area contributed by atoms with Gasteiger partial charge in [-0.25, -0.2) is 17.2 Å². The van der Waals surface area contributed by atoms with Crippen LogP contribution in [0.25, 0.3) is 0 Å². The fourth-order valence-electron chi connectivity index (χ4n) is 2.55. The van der Waals surface area contributed by atoms with Gasteiger partial charge in [-0.05, 0) is 37.6 Å². The lowest BCUT2D eigenvalue weighted by Crippen LogP contribution is -2.38. The van der Waals surface area contributed by atoms with Crippen molar-refractivity contribution in [3.8, 4) is 0 Å². The molecule has 0 bridgehead atoms. The summed E-state index contributed by atoms with van der Waals surface area (Å²) >= 11 is 0. The minimum absolute atomic E-state index is 0.0737. The number of amides is 2. The molecule has 30 heavy (non-hydrogen) atoms. The maximum absolute atomic E-state index is 13.5. The Morgan fingerprint density at radius 1 is 1.10 bits per heavy atom. The lowest BCUT2D eigenvalue weighted by atomic mass is 10.1. The van der Waals surface area contributed by atoms with Crippen molar-refractivity contribution in [3.63, 3.8) is 0 Å². The fourth-order valence-corrected chi connectivity index (χ4v) is 3.40. The first-order valence-corrected chi connectivity index (χ1v) is 11.0. The molecule has 2 amide bonds. The molecule has 0 saturated heterocycles. The molecule has 0 aliphatic rings. The number of carbonyl (C=O) groups excluding carboxylic acids is 2. The van der Waals surface area contributed by atoms with Crippen LogP contribution in [-0.4, -0.2) is 39.1 Å². The van der Waals surface area contributed by atoms with Gasteiger partial charge in [-0.2, -0.15) is 0 Å². The number of anilines is 2. The lowest BCUT2D eigenvalue weighted by Gasteiger charge is -2.22. The van der Waals surface area contributed by atoms with Crippen molar-refractivity contribution < 1.29 is 26.8 Å². The maximum Gasteiger partial charge on any atom is 0.253 e. The molecule has 0 spiro atoms. The van der Waals surface area contributed by atoms with Crippen LogP contribution < -0.4 is 14.9 Å². The largest absolute Gasteiger partial charge is 0.350 e. The number of halogens is 2. The highest BCUT2D eigenvalue weighted by Gasteiger charge is 2.23. The highest BCUT2D eigenvalue weighted by molar-refractivity contribution is 7.92. The molecule has 162 valence electrons. The molecule has 2 N–H and O–H groups in total. The second-order valence-electron chi connectivity index (χ2n) is 6.74. The predicted molar refractivity (Wildman–Crippen MR) is 111 cm³/mol. The highest BCUT2D eigenvalue weighted by Crippen LogP contribution is 2.21. The molecule has 2 rings (SSSR count). The van der Waals surface area contributed by atoms with Gasteiger partial charge in [0.1, 0.15) is 6.54 Å². The monoisotopic (exact) mass is 439 g/mol. The molecule has 2 aromatic carbocycles. The predicted octanol–water partition coefficient (Wildman–Crippen LogP) is 2.90. The first-order valence-electron chi connectivity index (χ1n) is 9.15. The second-order valence-corrected chi connectivity index (χ2v) is 8.65. The van der Waals surface area contributed by atoms with Gasteiger partial charge in [0.2, 0.25) is 15.9 Å². The first kappa shape index (κ1) is 23.3. The second kappa shape index (κ2) is 9.66. The third-order valence-electron chi connectivity index (χ3n) is 4.31. The van der Waals surface area contributed by atoms with E-state index in [2.05, 4.69) is 10.6 Å². The quantitative estimate of drug-likeness (QED) is 0.661. The van der Waals surface area contributed by atoms with Crippen LogP contribution in [0, 0.1) is 11.6 Å². The molecule has 7 nitrogen and oxygen atoms in total. The molecule has 1 atom stereocenters. The number of sulfonamides is 1. The van der Waals surface area contributed by atoms with Crippen molar-refractivity contribution in [2.24, 2.45) is 0 Å². The molecular formula is C20H23F2N3O4S. The Morgan fingerprint density at radius 3 is 2.37 bits per heavy atom. The normalized spacial score (nSPS) is 12.2. The zero-order chi connectivity index (χ0) is 22.5. The minimum Gasteiger partial charge on any atom is -0.350 e. The topological polar surface area (TPSA) is 95.6 Å². The number of nitrogens with zero attached hydrogens (tertiary/aromatic N) is 1. The van der Waals surface area contributed by atoms with E-state index in [-0.39, 0.29) is 28.9 Å². The smallest absolute Gasteiger partial charge is 0.253 e. The van der Waals surface area contributed by atoms with Crippen LogP contribution in [0.1, 0.15) is 30.6 Å². The molecular weight excluding hydrogens is 416 g/mol. The van der Waals surface area contributed by atoms with Crippen LogP contribution >= 0.6 is 0 Å². The number of hydrogen-bond donors (Lipinski definition) is 2. The van der Waals surface area contributed by atoms with Gasteiger partial charge < -0.3 is 10.6 Å². The average molecular weight is 439 g/mol. The van der Waals surface area contributed by atoms with Crippen molar-refractivity contribution in [3.05, 3.63) is 59.7 Å². The molecule has 10 heteroatoms. The van der Waals surface area contributed by atoms with Crippen molar-refractivity contribution in [1.29, 1.82) is 0 Å². The third-order valence-corrected chi connectivity index (χ3v) is 5.45. The Bertz CT molecular complexity index is 1040. The summed E-state index contributed by atoms with van der Waals surface area (Å²) in [7, 11) is -3.98. The number of para-hydroxylation sites is 1. The van der Waals surface area contributed by atoms with Crippen LogP contribution in [-0.2, 0) is 14.8 Å². The Hall–Kier alpha value is -3.01. The lowest BCUT2D eigenvalue weighted by molar-refractivity contribution is -0.114. The van der Waals surface area contributed by atoms with Gasteiger partial charge >= 0.3 is 0 Å². The van der Waals surface area contributed by atoms with E-state index >= 15 is 0 Å². The van der Waals surface area contributed by atoms with Gasteiger partial charge in [-0.1, -0.05) is 19.1 Å². The summed E-state index contributed by atoms with van der Waals surface area (Å²) in [5.41, 5.74) is 0.210. The van der Waals surface area contributed by atoms with Crippen molar-refractivity contribution >= 4 is 33.2 Å². The Kier molecular flexibility index (Phi) is 7.49. The Balaban J connectivity index is 2.24. The number of benzene rings is 2. The number of carbonyl (C=O) groups is 2.